The lowest BCUT2D eigenvalue weighted by Crippen LogP contribution is -2.11. The Morgan fingerprint density at radius 3 is 2.19 bits per heavy atom. The second-order valence-electron chi connectivity index (χ2n) is 5.80. The maximum atomic E-state index is 12.1. The van der Waals surface area contributed by atoms with Crippen LogP contribution in [0.4, 0.5) is 17.1 Å². The molecule has 0 unspecified atom stereocenters. The molecule has 7 nitrogen and oxygen atoms in total. The van der Waals surface area contributed by atoms with Gasteiger partial charge in [0.15, 0.2) is 0 Å². The fourth-order valence-corrected chi connectivity index (χ4v) is 2.72. The van der Waals surface area contributed by atoms with Gasteiger partial charge in [0.05, 0.1) is 6.26 Å². The highest BCUT2D eigenvalue weighted by Crippen LogP contribution is 2.16. The molecule has 0 aliphatic heterocycles. The van der Waals surface area contributed by atoms with Gasteiger partial charge in [0, 0.05) is 29.6 Å². The summed E-state index contributed by atoms with van der Waals surface area (Å²) in [5.74, 6) is -0.431. The van der Waals surface area contributed by atoms with Crippen LogP contribution in [0.2, 0.25) is 0 Å². The van der Waals surface area contributed by atoms with E-state index in [-0.39, 0.29) is 11.8 Å². The van der Waals surface area contributed by atoms with Gasteiger partial charge < -0.3 is 10.6 Å². The summed E-state index contributed by atoms with van der Waals surface area (Å²) in [5, 5.41) is 5.45. The number of sulfonamides is 1. The third-order valence-corrected chi connectivity index (χ3v) is 3.98. The van der Waals surface area contributed by atoms with Crippen LogP contribution in [0.25, 0.3) is 6.08 Å². The lowest BCUT2D eigenvalue weighted by atomic mass is 10.2. The number of nitrogens with one attached hydrogen (secondary N) is 3. The van der Waals surface area contributed by atoms with Gasteiger partial charge in [0.25, 0.3) is 0 Å². The maximum Gasteiger partial charge on any atom is 0.248 e. The summed E-state index contributed by atoms with van der Waals surface area (Å²) in [5.41, 5.74) is 2.36. The van der Waals surface area contributed by atoms with Crippen molar-refractivity contribution in [3.63, 3.8) is 0 Å². The van der Waals surface area contributed by atoms with Crippen LogP contribution in [0, 0.1) is 0 Å². The number of benzene rings is 2. The minimum atomic E-state index is -3.32. The second kappa shape index (κ2) is 9.00. The average Bonchev–Trinajstić information content (AvgIpc) is 2.60. The zero-order chi connectivity index (χ0) is 19.9. The van der Waals surface area contributed by atoms with E-state index in [9.17, 15) is 18.0 Å². The van der Waals surface area contributed by atoms with Gasteiger partial charge in [-0.1, -0.05) is 25.1 Å². The van der Waals surface area contributed by atoms with Crippen LogP contribution in [0.15, 0.2) is 54.6 Å². The summed E-state index contributed by atoms with van der Waals surface area (Å²) in [6.07, 6.45) is 4.43. The van der Waals surface area contributed by atoms with Crippen LogP contribution in [-0.4, -0.2) is 26.5 Å². The first kappa shape index (κ1) is 20.2. The molecule has 0 aliphatic rings. The molecule has 0 atom stereocenters. The van der Waals surface area contributed by atoms with E-state index in [1.54, 1.807) is 61.5 Å². The fourth-order valence-electron chi connectivity index (χ4n) is 2.16. The van der Waals surface area contributed by atoms with Crippen molar-refractivity contribution >= 4 is 45.0 Å². The smallest absolute Gasteiger partial charge is 0.248 e. The Morgan fingerprint density at radius 1 is 0.963 bits per heavy atom. The van der Waals surface area contributed by atoms with E-state index in [1.165, 1.54) is 6.08 Å². The van der Waals surface area contributed by atoms with Gasteiger partial charge in [0.2, 0.25) is 21.8 Å². The zero-order valence-electron chi connectivity index (χ0n) is 15.0. The summed E-state index contributed by atoms with van der Waals surface area (Å²) in [6.45, 7) is 1.76. The summed E-state index contributed by atoms with van der Waals surface area (Å²) in [4.78, 5) is 23.5. The zero-order valence-corrected chi connectivity index (χ0v) is 15.8. The summed E-state index contributed by atoms with van der Waals surface area (Å²) < 4.78 is 24.7. The molecule has 2 aromatic rings. The fraction of sp³-hybridized carbons (Fsp3) is 0.158. The SMILES string of the molecule is CCC(=O)Nc1cccc(NC(=O)/C=C/c2ccc(NS(C)(=O)=O)cc2)c1. The Morgan fingerprint density at radius 2 is 1.59 bits per heavy atom. The number of amides is 2. The minimum Gasteiger partial charge on any atom is -0.326 e. The van der Waals surface area contributed by atoms with E-state index < -0.39 is 10.0 Å². The van der Waals surface area contributed by atoms with Gasteiger partial charge in [-0.3, -0.25) is 14.3 Å². The lowest BCUT2D eigenvalue weighted by Gasteiger charge is -2.07. The Hall–Kier alpha value is -3.13. The van der Waals surface area contributed by atoms with Crippen molar-refractivity contribution in [1.82, 2.24) is 0 Å². The van der Waals surface area contributed by atoms with Crippen molar-refractivity contribution in [3.05, 3.63) is 60.2 Å². The number of rotatable bonds is 7. The highest BCUT2D eigenvalue weighted by atomic mass is 32.2. The summed E-state index contributed by atoms with van der Waals surface area (Å²) in [7, 11) is -3.32. The number of anilines is 3. The molecule has 0 saturated heterocycles. The van der Waals surface area contributed by atoms with E-state index in [0.717, 1.165) is 11.8 Å². The van der Waals surface area contributed by atoms with Crippen molar-refractivity contribution in [2.24, 2.45) is 0 Å². The highest BCUT2D eigenvalue weighted by molar-refractivity contribution is 7.92. The van der Waals surface area contributed by atoms with Crippen molar-refractivity contribution in [3.8, 4) is 0 Å². The van der Waals surface area contributed by atoms with Crippen molar-refractivity contribution in [2.75, 3.05) is 21.6 Å². The second-order valence-corrected chi connectivity index (χ2v) is 7.55. The van der Waals surface area contributed by atoms with Gasteiger partial charge in [-0.15, -0.1) is 0 Å². The molecule has 0 fully saturated rings. The van der Waals surface area contributed by atoms with E-state index in [1.807, 2.05) is 0 Å². The molecule has 8 heteroatoms. The monoisotopic (exact) mass is 387 g/mol. The molecule has 0 saturated carbocycles. The number of hydrogen-bond acceptors (Lipinski definition) is 4. The molecule has 0 aromatic heterocycles. The van der Waals surface area contributed by atoms with Gasteiger partial charge in [0.1, 0.15) is 0 Å². The molecule has 3 N–H and O–H groups in total. The van der Waals surface area contributed by atoms with Crippen LogP contribution in [0.3, 0.4) is 0 Å². The molecular weight excluding hydrogens is 366 g/mol. The third-order valence-electron chi connectivity index (χ3n) is 3.38. The van der Waals surface area contributed by atoms with Gasteiger partial charge in [-0.05, 0) is 42.0 Å². The van der Waals surface area contributed by atoms with Crippen LogP contribution < -0.4 is 15.4 Å². The average molecular weight is 387 g/mol. The molecule has 2 aromatic carbocycles. The Bertz CT molecular complexity index is 951. The number of carbonyl (C=O) groups is 2. The van der Waals surface area contributed by atoms with Gasteiger partial charge in [-0.2, -0.15) is 0 Å². The topological polar surface area (TPSA) is 104 Å². The largest absolute Gasteiger partial charge is 0.326 e. The van der Waals surface area contributed by atoms with Crippen molar-refractivity contribution in [2.45, 2.75) is 13.3 Å². The van der Waals surface area contributed by atoms with Crippen molar-refractivity contribution in [1.29, 1.82) is 0 Å². The number of hydrogen-bond donors (Lipinski definition) is 3. The Kier molecular flexibility index (Phi) is 6.73. The molecule has 2 amide bonds. The van der Waals surface area contributed by atoms with Crippen LogP contribution in [0.5, 0.6) is 0 Å². The molecule has 2 rings (SSSR count). The Labute approximate surface area is 158 Å². The van der Waals surface area contributed by atoms with E-state index in [0.29, 0.717) is 23.5 Å². The summed E-state index contributed by atoms with van der Waals surface area (Å²) in [6, 6.07) is 13.5. The number of carbonyl (C=O) groups excluding carboxylic acids is 2. The maximum absolute atomic E-state index is 12.1. The van der Waals surface area contributed by atoms with Crippen LogP contribution >= 0.6 is 0 Å². The lowest BCUT2D eigenvalue weighted by molar-refractivity contribution is -0.116. The minimum absolute atomic E-state index is 0.104. The van der Waals surface area contributed by atoms with Crippen LogP contribution in [0.1, 0.15) is 18.9 Å². The standard InChI is InChI=1S/C19H21N3O4S/c1-3-18(23)20-16-5-4-6-17(13-16)21-19(24)12-9-14-7-10-15(11-8-14)22-27(2,25)26/h4-13,22H,3H2,1-2H3,(H,20,23)(H,21,24)/b12-9+. The van der Waals surface area contributed by atoms with Crippen molar-refractivity contribution < 1.29 is 18.0 Å². The summed E-state index contributed by atoms with van der Waals surface area (Å²) >= 11 is 0. The third kappa shape index (κ3) is 7.33. The van der Waals surface area contributed by atoms with Gasteiger partial charge in [-0.25, -0.2) is 8.42 Å². The quantitative estimate of drug-likeness (QED) is 0.635. The Balaban J connectivity index is 1.97. The molecule has 0 heterocycles. The predicted octanol–water partition coefficient (Wildman–Crippen LogP) is 3.06. The first-order valence-corrected chi connectivity index (χ1v) is 10.1. The first-order valence-electron chi connectivity index (χ1n) is 8.22. The highest BCUT2D eigenvalue weighted by Gasteiger charge is 2.03. The molecule has 0 aliphatic carbocycles. The molecule has 27 heavy (non-hydrogen) atoms. The molecule has 0 spiro atoms. The van der Waals surface area contributed by atoms with E-state index >= 15 is 0 Å². The normalized spacial score (nSPS) is 11.2. The van der Waals surface area contributed by atoms with E-state index in [4.69, 9.17) is 0 Å². The molecule has 0 bridgehead atoms. The van der Waals surface area contributed by atoms with E-state index in [2.05, 4.69) is 15.4 Å². The van der Waals surface area contributed by atoms with Gasteiger partial charge >= 0.3 is 0 Å². The van der Waals surface area contributed by atoms with Crippen LogP contribution in [-0.2, 0) is 19.6 Å². The predicted molar refractivity (Wildman–Crippen MR) is 108 cm³/mol. The molecule has 142 valence electrons. The molecule has 0 radical (unpaired) electrons. The molecular formula is C19H21N3O4S. The first-order chi connectivity index (χ1) is 12.7.